The predicted molar refractivity (Wildman–Crippen MR) is 102 cm³/mol. The highest BCUT2D eigenvalue weighted by Crippen LogP contribution is 2.20. The molecule has 1 aromatic carbocycles. The Hall–Kier alpha value is -1.75. The van der Waals surface area contributed by atoms with Gasteiger partial charge in [-0.1, -0.05) is 44.4 Å². The molecule has 0 saturated heterocycles. The summed E-state index contributed by atoms with van der Waals surface area (Å²) in [7, 11) is 1.34. The van der Waals surface area contributed by atoms with E-state index in [9.17, 15) is 9.59 Å². The van der Waals surface area contributed by atoms with E-state index in [2.05, 4.69) is 11.7 Å². The van der Waals surface area contributed by atoms with Gasteiger partial charge in [-0.15, -0.1) is 11.8 Å². The molecule has 25 heavy (non-hydrogen) atoms. The van der Waals surface area contributed by atoms with Crippen molar-refractivity contribution in [3.05, 3.63) is 42.0 Å². The van der Waals surface area contributed by atoms with Crippen molar-refractivity contribution in [3.8, 4) is 0 Å². The van der Waals surface area contributed by atoms with E-state index in [1.54, 1.807) is 6.92 Å². The Kier molecular flexibility index (Phi) is 10.7. The quantitative estimate of drug-likeness (QED) is 0.245. The molecule has 1 rings (SSSR count). The molecular formula is C20H28O4S. The van der Waals surface area contributed by atoms with Gasteiger partial charge in [0.05, 0.1) is 12.9 Å². The second kappa shape index (κ2) is 12.6. The average Bonchev–Trinajstić information content (AvgIpc) is 2.63. The Balaban J connectivity index is 2.59. The zero-order valence-corrected chi connectivity index (χ0v) is 16.1. The maximum Gasteiger partial charge on any atom is 0.330 e. The lowest BCUT2D eigenvalue weighted by Gasteiger charge is -2.18. The van der Waals surface area contributed by atoms with Crippen molar-refractivity contribution in [1.29, 1.82) is 0 Å². The molecule has 5 heteroatoms. The molecule has 0 radical (unpaired) electrons. The van der Waals surface area contributed by atoms with Crippen molar-refractivity contribution in [1.82, 2.24) is 0 Å². The van der Waals surface area contributed by atoms with E-state index in [1.807, 2.05) is 30.3 Å². The summed E-state index contributed by atoms with van der Waals surface area (Å²) in [5, 5.41) is 0. The number of esters is 2. The van der Waals surface area contributed by atoms with Crippen molar-refractivity contribution >= 4 is 23.7 Å². The molecule has 0 heterocycles. The maximum absolute atomic E-state index is 12.2. The van der Waals surface area contributed by atoms with Crippen LogP contribution in [0, 0.1) is 0 Å². The second-order valence-electron chi connectivity index (χ2n) is 5.84. The molecular weight excluding hydrogens is 336 g/mol. The van der Waals surface area contributed by atoms with Gasteiger partial charge in [-0.3, -0.25) is 4.79 Å². The highest BCUT2D eigenvalue weighted by Gasteiger charge is 2.17. The van der Waals surface area contributed by atoms with E-state index in [0.717, 1.165) is 42.6 Å². The van der Waals surface area contributed by atoms with Crippen LogP contribution in [0.4, 0.5) is 0 Å². The highest BCUT2D eigenvalue weighted by molar-refractivity contribution is 8.00. The molecule has 1 atom stereocenters. The van der Waals surface area contributed by atoms with Crippen LogP contribution in [0.2, 0.25) is 0 Å². The van der Waals surface area contributed by atoms with Crippen LogP contribution in [-0.2, 0) is 19.1 Å². The first-order valence-corrected chi connectivity index (χ1v) is 9.68. The number of carbonyl (C=O) groups excluding carboxylic acids is 2. The Morgan fingerprint density at radius 2 is 1.88 bits per heavy atom. The van der Waals surface area contributed by atoms with Gasteiger partial charge in [-0.05, 0) is 37.5 Å². The van der Waals surface area contributed by atoms with Gasteiger partial charge in [0, 0.05) is 11.0 Å². The summed E-state index contributed by atoms with van der Waals surface area (Å²) in [6.45, 7) is 3.96. The van der Waals surface area contributed by atoms with Crippen molar-refractivity contribution in [2.24, 2.45) is 0 Å². The Bertz CT molecular complexity index is 554. The van der Waals surface area contributed by atoms with E-state index in [4.69, 9.17) is 4.74 Å². The number of methoxy groups -OCH3 is 1. The zero-order valence-electron chi connectivity index (χ0n) is 15.3. The van der Waals surface area contributed by atoms with Crippen LogP contribution < -0.4 is 0 Å². The Morgan fingerprint density at radius 3 is 2.52 bits per heavy atom. The third-order valence-corrected chi connectivity index (χ3v) is 4.73. The smallest absolute Gasteiger partial charge is 0.330 e. The second-order valence-corrected chi connectivity index (χ2v) is 6.89. The fourth-order valence-corrected chi connectivity index (χ4v) is 3.03. The molecule has 0 aliphatic carbocycles. The summed E-state index contributed by atoms with van der Waals surface area (Å²) in [6.07, 6.45) is 6.11. The number of hydrogen-bond acceptors (Lipinski definition) is 5. The maximum atomic E-state index is 12.2. The van der Waals surface area contributed by atoms with Gasteiger partial charge in [-0.25, -0.2) is 4.79 Å². The first kappa shape index (κ1) is 21.3. The summed E-state index contributed by atoms with van der Waals surface area (Å²) >= 11 is 1.45. The van der Waals surface area contributed by atoms with E-state index in [-0.39, 0.29) is 17.8 Å². The number of unbranched alkanes of at least 4 members (excludes halogenated alkanes) is 3. The highest BCUT2D eigenvalue weighted by atomic mass is 32.2. The number of rotatable bonds is 11. The molecule has 0 aliphatic rings. The standard InChI is InChI=1S/C20H28O4S/c1-4-5-6-10-13-18(16(2)14-19(21)23-3)24-20(22)15-25-17-11-8-7-9-12-17/h7-9,11-12,14,18H,4-6,10,13,15H2,1-3H3/b16-14+/t18-/m1/s1. The average molecular weight is 365 g/mol. The van der Waals surface area contributed by atoms with Gasteiger partial charge >= 0.3 is 11.9 Å². The van der Waals surface area contributed by atoms with Crippen LogP contribution in [0.25, 0.3) is 0 Å². The normalized spacial score (nSPS) is 12.5. The minimum absolute atomic E-state index is 0.251. The molecule has 138 valence electrons. The van der Waals surface area contributed by atoms with Crippen molar-refractivity contribution < 1.29 is 19.1 Å². The van der Waals surface area contributed by atoms with Gasteiger partial charge < -0.3 is 9.47 Å². The monoisotopic (exact) mass is 364 g/mol. The number of hydrogen-bond donors (Lipinski definition) is 0. The third kappa shape index (κ3) is 9.34. The topological polar surface area (TPSA) is 52.6 Å². The van der Waals surface area contributed by atoms with Crippen LogP contribution in [0.1, 0.15) is 46.0 Å². The van der Waals surface area contributed by atoms with Crippen LogP contribution in [0.5, 0.6) is 0 Å². The number of carbonyl (C=O) groups is 2. The van der Waals surface area contributed by atoms with Crippen molar-refractivity contribution in [3.63, 3.8) is 0 Å². The zero-order chi connectivity index (χ0) is 18.5. The van der Waals surface area contributed by atoms with Crippen molar-refractivity contribution in [2.45, 2.75) is 57.0 Å². The van der Waals surface area contributed by atoms with Gasteiger partial charge in [0.2, 0.25) is 0 Å². The molecule has 0 bridgehead atoms. The minimum atomic E-state index is -0.425. The molecule has 0 N–H and O–H groups in total. The number of benzene rings is 1. The summed E-state index contributed by atoms with van der Waals surface area (Å²) in [6, 6.07) is 9.74. The molecule has 0 amide bonds. The number of thioether (sulfide) groups is 1. The largest absolute Gasteiger partial charge is 0.466 e. The Labute approximate surface area is 155 Å². The van der Waals surface area contributed by atoms with Crippen molar-refractivity contribution in [2.75, 3.05) is 12.9 Å². The number of ether oxygens (including phenoxy) is 2. The van der Waals surface area contributed by atoms with E-state index in [1.165, 1.54) is 24.9 Å². The van der Waals surface area contributed by atoms with Gasteiger partial charge in [0.15, 0.2) is 0 Å². The predicted octanol–water partition coefficient (Wildman–Crippen LogP) is 4.78. The molecule has 0 spiro atoms. The molecule has 0 fully saturated rings. The summed E-state index contributed by atoms with van der Waals surface area (Å²) < 4.78 is 10.3. The van der Waals surface area contributed by atoms with E-state index < -0.39 is 5.97 Å². The first-order valence-electron chi connectivity index (χ1n) is 8.70. The van der Waals surface area contributed by atoms with Gasteiger partial charge in [-0.2, -0.15) is 0 Å². The summed E-state index contributed by atoms with van der Waals surface area (Å²) in [5.74, 6) is -0.446. The molecule has 4 nitrogen and oxygen atoms in total. The van der Waals surface area contributed by atoms with Gasteiger partial charge in [0.25, 0.3) is 0 Å². The lowest BCUT2D eigenvalue weighted by atomic mass is 10.0. The lowest BCUT2D eigenvalue weighted by Crippen LogP contribution is -2.21. The SMILES string of the molecule is CCCCCC[C@@H](OC(=O)CSc1ccccc1)/C(C)=C/C(=O)OC. The Morgan fingerprint density at radius 1 is 1.16 bits per heavy atom. The molecule has 0 saturated carbocycles. The molecule has 0 aliphatic heterocycles. The van der Waals surface area contributed by atoms with Crippen LogP contribution >= 0.6 is 11.8 Å². The van der Waals surface area contributed by atoms with Gasteiger partial charge in [0.1, 0.15) is 6.10 Å². The van der Waals surface area contributed by atoms with Crippen LogP contribution in [0.3, 0.4) is 0 Å². The van der Waals surface area contributed by atoms with Crippen LogP contribution in [0.15, 0.2) is 46.9 Å². The third-order valence-electron chi connectivity index (χ3n) is 3.75. The molecule has 0 unspecified atom stereocenters. The fourth-order valence-electron chi connectivity index (χ4n) is 2.33. The summed E-state index contributed by atoms with van der Waals surface area (Å²) in [4.78, 5) is 24.7. The van der Waals surface area contributed by atoms with E-state index >= 15 is 0 Å². The minimum Gasteiger partial charge on any atom is -0.466 e. The van der Waals surface area contributed by atoms with E-state index in [0.29, 0.717) is 0 Å². The fraction of sp³-hybridized carbons (Fsp3) is 0.500. The first-order chi connectivity index (χ1) is 12.1. The van der Waals surface area contributed by atoms with Crippen LogP contribution in [-0.4, -0.2) is 30.9 Å². The lowest BCUT2D eigenvalue weighted by molar-refractivity contribution is -0.144. The summed E-state index contributed by atoms with van der Waals surface area (Å²) in [5.41, 5.74) is 0.724. The molecule has 1 aromatic rings. The molecule has 0 aromatic heterocycles.